The van der Waals surface area contributed by atoms with E-state index in [4.69, 9.17) is 0 Å². The normalized spacial score (nSPS) is 20.6. The van der Waals surface area contributed by atoms with Gasteiger partial charge in [0, 0.05) is 39.1 Å². The van der Waals surface area contributed by atoms with Crippen LogP contribution in [-0.4, -0.2) is 38.7 Å². The monoisotopic (exact) mass is 401 g/mol. The van der Waals surface area contributed by atoms with Gasteiger partial charge in [0.25, 0.3) is 5.91 Å². The number of rotatable bonds is 5. The summed E-state index contributed by atoms with van der Waals surface area (Å²) in [5, 5.41) is 11.5. The summed E-state index contributed by atoms with van der Waals surface area (Å²) in [7, 11) is 0. The van der Waals surface area contributed by atoms with Gasteiger partial charge in [-0.05, 0) is 29.9 Å². The molecule has 1 aromatic heterocycles. The first-order valence-corrected chi connectivity index (χ1v) is 10.7. The number of aromatic nitrogens is 3. The predicted octanol–water partition coefficient (Wildman–Crippen LogP) is 2.82. The lowest BCUT2D eigenvalue weighted by atomic mass is 9.89. The van der Waals surface area contributed by atoms with Crippen LogP contribution in [0.2, 0.25) is 0 Å². The Hall–Kier alpha value is -2.99. The first-order chi connectivity index (χ1) is 14.7. The van der Waals surface area contributed by atoms with Crippen molar-refractivity contribution in [2.45, 2.75) is 33.0 Å². The fourth-order valence-electron chi connectivity index (χ4n) is 4.73. The number of hydrogen-bond donors (Lipinski definition) is 1. The molecule has 0 unspecified atom stereocenters. The van der Waals surface area contributed by atoms with Crippen molar-refractivity contribution in [1.29, 1.82) is 0 Å². The highest BCUT2D eigenvalue weighted by atomic mass is 16.2. The minimum absolute atomic E-state index is 0.148. The summed E-state index contributed by atoms with van der Waals surface area (Å²) in [6.45, 7) is 6.57. The predicted molar refractivity (Wildman–Crippen MR) is 115 cm³/mol. The minimum Gasteiger partial charge on any atom is -0.345 e. The molecule has 0 radical (unpaired) electrons. The first-order valence-electron chi connectivity index (χ1n) is 10.7. The third-order valence-electron chi connectivity index (χ3n) is 6.37. The summed E-state index contributed by atoms with van der Waals surface area (Å²) in [6, 6.07) is 18.7. The standard InChI is InChI=1S/C24H27N5O/c1-17-7-9-19(10-8-17)13-28-14-20-11-22-26-27-23(29(22)16-21(20)15-28)24(30)25-12-18-5-3-2-4-6-18/h2-10,20-21H,11-16H2,1H3,(H,25,30)/t20-,21-/m0/s1. The fourth-order valence-corrected chi connectivity index (χ4v) is 4.73. The molecule has 2 aromatic carbocycles. The summed E-state index contributed by atoms with van der Waals surface area (Å²) in [6.07, 6.45) is 0.897. The van der Waals surface area contributed by atoms with Crippen molar-refractivity contribution in [2.24, 2.45) is 11.8 Å². The zero-order chi connectivity index (χ0) is 20.5. The lowest BCUT2D eigenvalue weighted by molar-refractivity contribution is 0.0932. The van der Waals surface area contributed by atoms with E-state index in [1.165, 1.54) is 11.1 Å². The quantitative estimate of drug-likeness (QED) is 0.714. The number of nitrogens with one attached hydrogen (secondary N) is 1. The van der Waals surface area contributed by atoms with Gasteiger partial charge >= 0.3 is 0 Å². The Morgan fingerprint density at radius 3 is 2.53 bits per heavy atom. The molecule has 1 N–H and O–H groups in total. The van der Waals surface area contributed by atoms with Gasteiger partial charge in [0.05, 0.1) is 0 Å². The van der Waals surface area contributed by atoms with Crippen LogP contribution < -0.4 is 5.32 Å². The zero-order valence-electron chi connectivity index (χ0n) is 17.3. The highest BCUT2D eigenvalue weighted by Crippen LogP contribution is 2.33. The van der Waals surface area contributed by atoms with Gasteiger partial charge in [0.1, 0.15) is 5.82 Å². The Morgan fingerprint density at radius 1 is 0.967 bits per heavy atom. The molecule has 2 atom stereocenters. The number of carbonyl (C=O) groups is 1. The highest BCUT2D eigenvalue weighted by molar-refractivity contribution is 5.90. The molecule has 3 heterocycles. The van der Waals surface area contributed by atoms with Crippen LogP contribution in [-0.2, 0) is 26.1 Å². The van der Waals surface area contributed by atoms with E-state index < -0.39 is 0 Å². The first kappa shape index (κ1) is 19.0. The van der Waals surface area contributed by atoms with Crippen LogP contribution in [0.25, 0.3) is 0 Å². The number of amides is 1. The van der Waals surface area contributed by atoms with Crippen LogP contribution in [0.1, 0.15) is 33.1 Å². The second-order valence-corrected chi connectivity index (χ2v) is 8.62. The van der Waals surface area contributed by atoms with Crippen LogP contribution in [0.4, 0.5) is 0 Å². The summed E-state index contributed by atoms with van der Waals surface area (Å²) in [4.78, 5) is 15.3. The van der Waals surface area contributed by atoms with E-state index >= 15 is 0 Å². The average molecular weight is 402 g/mol. The molecule has 6 nitrogen and oxygen atoms in total. The molecule has 5 rings (SSSR count). The Labute approximate surface area is 176 Å². The van der Waals surface area contributed by atoms with Crippen molar-refractivity contribution in [3.8, 4) is 0 Å². The molecule has 154 valence electrons. The summed E-state index contributed by atoms with van der Waals surface area (Å²) in [5.41, 5.74) is 3.73. The Balaban J connectivity index is 1.23. The molecule has 1 saturated heterocycles. The Morgan fingerprint density at radius 2 is 1.73 bits per heavy atom. The molecule has 2 aliphatic heterocycles. The Bertz CT molecular complexity index is 1030. The molecule has 2 aliphatic rings. The van der Waals surface area contributed by atoms with Gasteiger partial charge < -0.3 is 9.88 Å². The van der Waals surface area contributed by atoms with Crippen molar-refractivity contribution in [3.63, 3.8) is 0 Å². The molecule has 0 spiro atoms. The van der Waals surface area contributed by atoms with Gasteiger partial charge in [-0.2, -0.15) is 0 Å². The van der Waals surface area contributed by atoms with Crippen LogP contribution >= 0.6 is 0 Å². The van der Waals surface area contributed by atoms with Crippen molar-refractivity contribution in [2.75, 3.05) is 13.1 Å². The van der Waals surface area contributed by atoms with Gasteiger partial charge in [-0.3, -0.25) is 9.69 Å². The van der Waals surface area contributed by atoms with Crippen LogP contribution in [0, 0.1) is 18.8 Å². The van der Waals surface area contributed by atoms with Gasteiger partial charge in [-0.25, -0.2) is 0 Å². The van der Waals surface area contributed by atoms with Gasteiger partial charge in [-0.15, -0.1) is 10.2 Å². The minimum atomic E-state index is -0.148. The number of fused-ring (bicyclic) bond motifs is 2. The number of likely N-dealkylation sites (tertiary alicyclic amines) is 1. The van der Waals surface area contributed by atoms with E-state index in [-0.39, 0.29) is 5.91 Å². The van der Waals surface area contributed by atoms with Crippen molar-refractivity contribution < 1.29 is 4.79 Å². The smallest absolute Gasteiger partial charge is 0.289 e. The number of benzene rings is 2. The molecule has 1 fully saturated rings. The van der Waals surface area contributed by atoms with E-state index in [0.29, 0.717) is 24.2 Å². The molecule has 30 heavy (non-hydrogen) atoms. The molecule has 0 bridgehead atoms. The van der Waals surface area contributed by atoms with Crippen LogP contribution in [0.15, 0.2) is 54.6 Å². The van der Waals surface area contributed by atoms with Crippen LogP contribution in [0.5, 0.6) is 0 Å². The van der Waals surface area contributed by atoms with Gasteiger partial charge in [0.15, 0.2) is 0 Å². The van der Waals surface area contributed by atoms with Crippen LogP contribution in [0.3, 0.4) is 0 Å². The lowest BCUT2D eigenvalue weighted by Gasteiger charge is -2.25. The van der Waals surface area contributed by atoms with Crippen molar-refractivity contribution in [3.05, 3.63) is 82.9 Å². The van der Waals surface area contributed by atoms with E-state index in [1.54, 1.807) is 0 Å². The van der Waals surface area contributed by atoms with E-state index in [1.807, 2.05) is 34.9 Å². The Kier molecular flexibility index (Phi) is 5.09. The van der Waals surface area contributed by atoms with E-state index in [9.17, 15) is 4.79 Å². The van der Waals surface area contributed by atoms with Gasteiger partial charge in [0.2, 0.25) is 5.82 Å². The number of nitrogens with zero attached hydrogens (tertiary/aromatic N) is 4. The third-order valence-corrected chi connectivity index (χ3v) is 6.37. The fraction of sp³-hybridized carbons (Fsp3) is 0.375. The summed E-state index contributed by atoms with van der Waals surface area (Å²) >= 11 is 0. The zero-order valence-corrected chi connectivity index (χ0v) is 17.3. The highest BCUT2D eigenvalue weighted by Gasteiger charge is 2.39. The second-order valence-electron chi connectivity index (χ2n) is 8.62. The maximum atomic E-state index is 12.7. The van der Waals surface area contributed by atoms with Gasteiger partial charge in [-0.1, -0.05) is 60.2 Å². The maximum Gasteiger partial charge on any atom is 0.289 e. The molecule has 0 aliphatic carbocycles. The molecule has 3 aromatic rings. The largest absolute Gasteiger partial charge is 0.345 e. The number of aryl methyl sites for hydroxylation is 1. The van der Waals surface area contributed by atoms with E-state index in [2.05, 4.69) is 51.6 Å². The number of carbonyl (C=O) groups excluding carboxylic acids is 1. The van der Waals surface area contributed by atoms with E-state index in [0.717, 1.165) is 44.0 Å². The molecular formula is C24H27N5O. The molecule has 6 heteroatoms. The molecule has 1 amide bonds. The van der Waals surface area contributed by atoms with Crippen molar-refractivity contribution in [1.82, 2.24) is 25.0 Å². The number of hydrogen-bond acceptors (Lipinski definition) is 4. The topological polar surface area (TPSA) is 63.1 Å². The second kappa shape index (κ2) is 8.03. The van der Waals surface area contributed by atoms with Crippen molar-refractivity contribution >= 4 is 5.91 Å². The molecular weight excluding hydrogens is 374 g/mol. The lowest BCUT2D eigenvalue weighted by Crippen LogP contribution is -2.32. The SMILES string of the molecule is Cc1ccc(CN2C[C@@H]3Cc4nnc(C(=O)NCc5ccccc5)n4C[C@@H]3C2)cc1. The molecule has 0 saturated carbocycles. The summed E-state index contributed by atoms with van der Waals surface area (Å²) < 4.78 is 2.04. The summed E-state index contributed by atoms with van der Waals surface area (Å²) in [5.74, 6) is 2.37. The third kappa shape index (κ3) is 3.87. The average Bonchev–Trinajstić information content (AvgIpc) is 3.35. The maximum absolute atomic E-state index is 12.7.